The Morgan fingerprint density at radius 3 is 2.85 bits per heavy atom. The van der Waals surface area contributed by atoms with Gasteiger partial charge in [0.2, 0.25) is 5.91 Å². The summed E-state index contributed by atoms with van der Waals surface area (Å²) >= 11 is 0. The lowest BCUT2D eigenvalue weighted by atomic mass is 10.1. The SMILES string of the molecule is Cc1cccc(N2C(=O)C[C@H](NCCc3c[nH]c4ccccc34)C2=O)c1. The Labute approximate surface area is 152 Å². The quantitative estimate of drug-likeness (QED) is 0.698. The van der Waals surface area contributed by atoms with Crippen molar-refractivity contribution >= 4 is 28.4 Å². The van der Waals surface area contributed by atoms with Gasteiger partial charge in [0.1, 0.15) is 0 Å². The number of anilines is 1. The fraction of sp³-hybridized carbons (Fsp3) is 0.238. The maximum absolute atomic E-state index is 12.7. The monoisotopic (exact) mass is 347 g/mol. The van der Waals surface area contributed by atoms with Crippen molar-refractivity contribution in [3.63, 3.8) is 0 Å². The average molecular weight is 347 g/mol. The molecule has 0 spiro atoms. The molecule has 0 unspecified atom stereocenters. The van der Waals surface area contributed by atoms with E-state index in [1.54, 1.807) is 6.07 Å². The zero-order valence-electron chi connectivity index (χ0n) is 14.7. The first-order valence-corrected chi connectivity index (χ1v) is 8.85. The minimum absolute atomic E-state index is 0.148. The van der Waals surface area contributed by atoms with Gasteiger partial charge in [-0.3, -0.25) is 9.59 Å². The van der Waals surface area contributed by atoms with E-state index in [-0.39, 0.29) is 18.2 Å². The molecule has 2 heterocycles. The lowest BCUT2D eigenvalue weighted by molar-refractivity contribution is -0.121. The average Bonchev–Trinajstić information content (AvgIpc) is 3.16. The summed E-state index contributed by atoms with van der Waals surface area (Å²) in [4.78, 5) is 29.6. The molecule has 132 valence electrons. The number of benzene rings is 2. The van der Waals surface area contributed by atoms with E-state index in [2.05, 4.69) is 16.4 Å². The number of aryl methyl sites for hydroxylation is 1. The van der Waals surface area contributed by atoms with Gasteiger partial charge in [-0.1, -0.05) is 30.3 Å². The molecule has 5 heteroatoms. The van der Waals surface area contributed by atoms with Crippen molar-refractivity contribution < 1.29 is 9.59 Å². The molecule has 0 bridgehead atoms. The minimum atomic E-state index is -0.451. The lowest BCUT2D eigenvalue weighted by Gasteiger charge is -2.16. The predicted octanol–water partition coefficient (Wildman–Crippen LogP) is 2.94. The Balaban J connectivity index is 1.41. The van der Waals surface area contributed by atoms with Crippen molar-refractivity contribution in [2.45, 2.75) is 25.8 Å². The fourth-order valence-corrected chi connectivity index (χ4v) is 3.55. The number of rotatable bonds is 5. The first-order valence-electron chi connectivity index (χ1n) is 8.85. The van der Waals surface area contributed by atoms with Gasteiger partial charge >= 0.3 is 0 Å². The van der Waals surface area contributed by atoms with Crippen LogP contribution in [0.1, 0.15) is 17.5 Å². The van der Waals surface area contributed by atoms with Gasteiger partial charge in [0.25, 0.3) is 5.91 Å². The molecule has 1 atom stereocenters. The Bertz CT molecular complexity index is 976. The van der Waals surface area contributed by atoms with Crippen molar-refractivity contribution in [2.75, 3.05) is 11.4 Å². The number of carbonyl (C=O) groups is 2. The van der Waals surface area contributed by atoms with Crippen molar-refractivity contribution in [1.29, 1.82) is 0 Å². The van der Waals surface area contributed by atoms with E-state index in [0.29, 0.717) is 12.2 Å². The van der Waals surface area contributed by atoms with Crippen molar-refractivity contribution in [2.24, 2.45) is 0 Å². The van der Waals surface area contributed by atoms with E-state index in [0.717, 1.165) is 17.5 Å². The Morgan fingerprint density at radius 2 is 2.00 bits per heavy atom. The van der Waals surface area contributed by atoms with Crippen LogP contribution in [0, 0.1) is 6.92 Å². The van der Waals surface area contributed by atoms with E-state index in [9.17, 15) is 9.59 Å². The van der Waals surface area contributed by atoms with E-state index >= 15 is 0 Å². The number of amides is 2. The van der Waals surface area contributed by atoms with Crippen LogP contribution in [-0.4, -0.2) is 29.4 Å². The first kappa shape index (κ1) is 16.5. The second-order valence-electron chi connectivity index (χ2n) is 6.73. The summed E-state index contributed by atoms with van der Waals surface area (Å²) in [6.07, 6.45) is 3.01. The molecule has 1 aliphatic rings. The van der Waals surface area contributed by atoms with Crippen LogP contribution in [0.4, 0.5) is 5.69 Å². The molecule has 2 aromatic carbocycles. The predicted molar refractivity (Wildman–Crippen MR) is 102 cm³/mol. The van der Waals surface area contributed by atoms with Crippen molar-refractivity contribution in [3.05, 3.63) is 65.9 Å². The van der Waals surface area contributed by atoms with E-state index in [1.807, 2.05) is 49.5 Å². The highest BCUT2D eigenvalue weighted by atomic mass is 16.2. The molecule has 2 amide bonds. The molecule has 1 fully saturated rings. The van der Waals surface area contributed by atoms with Crippen molar-refractivity contribution in [3.8, 4) is 0 Å². The van der Waals surface area contributed by atoms with Crippen LogP contribution in [0.25, 0.3) is 10.9 Å². The van der Waals surface area contributed by atoms with Crippen LogP contribution in [-0.2, 0) is 16.0 Å². The number of aromatic amines is 1. The van der Waals surface area contributed by atoms with Crippen LogP contribution in [0.3, 0.4) is 0 Å². The molecule has 26 heavy (non-hydrogen) atoms. The summed E-state index contributed by atoms with van der Waals surface area (Å²) in [5, 5.41) is 4.45. The lowest BCUT2D eigenvalue weighted by Crippen LogP contribution is -2.39. The molecule has 2 N–H and O–H groups in total. The number of aromatic nitrogens is 1. The maximum atomic E-state index is 12.7. The van der Waals surface area contributed by atoms with Gasteiger partial charge in [-0.05, 0) is 42.7 Å². The number of nitrogens with one attached hydrogen (secondary N) is 2. The standard InChI is InChI=1S/C21H21N3O2/c1-14-5-4-6-16(11-14)24-20(25)12-19(21(24)26)22-10-9-15-13-23-18-8-3-2-7-17(15)18/h2-8,11,13,19,22-23H,9-10,12H2,1H3/t19-/m0/s1. The van der Waals surface area contributed by atoms with Gasteiger partial charge in [0.05, 0.1) is 18.2 Å². The van der Waals surface area contributed by atoms with Gasteiger partial charge < -0.3 is 10.3 Å². The molecule has 0 aliphatic carbocycles. The van der Waals surface area contributed by atoms with Crippen LogP contribution < -0.4 is 10.2 Å². The summed E-state index contributed by atoms with van der Waals surface area (Å²) in [5.74, 6) is -0.315. The third-order valence-electron chi connectivity index (χ3n) is 4.87. The largest absolute Gasteiger partial charge is 0.361 e. The number of hydrogen-bond acceptors (Lipinski definition) is 3. The number of carbonyl (C=O) groups excluding carboxylic acids is 2. The highest BCUT2D eigenvalue weighted by Crippen LogP contribution is 2.24. The summed E-state index contributed by atoms with van der Waals surface area (Å²) in [5.41, 5.74) is 4.00. The summed E-state index contributed by atoms with van der Waals surface area (Å²) < 4.78 is 0. The number of imide groups is 1. The topological polar surface area (TPSA) is 65.2 Å². The van der Waals surface area contributed by atoms with Crippen LogP contribution in [0.5, 0.6) is 0 Å². The summed E-state index contributed by atoms with van der Waals surface area (Å²) in [6, 6.07) is 15.2. The first-order chi connectivity index (χ1) is 12.6. The van der Waals surface area contributed by atoms with Gasteiger partial charge in [-0.2, -0.15) is 0 Å². The van der Waals surface area contributed by atoms with E-state index in [1.165, 1.54) is 15.8 Å². The second-order valence-corrected chi connectivity index (χ2v) is 6.73. The number of fused-ring (bicyclic) bond motifs is 1. The molecule has 5 nitrogen and oxygen atoms in total. The molecule has 3 aromatic rings. The number of hydrogen-bond donors (Lipinski definition) is 2. The maximum Gasteiger partial charge on any atom is 0.251 e. The zero-order chi connectivity index (χ0) is 18.1. The molecule has 1 saturated heterocycles. The van der Waals surface area contributed by atoms with Gasteiger partial charge in [-0.15, -0.1) is 0 Å². The summed E-state index contributed by atoms with van der Waals surface area (Å²) in [6.45, 7) is 2.60. The fourth-order valence-electron chi connectivity index (χ4n) is 3.55. The van der Waals surface area contributed by atoms with Gasteiger partial charge in [0, 0.05) is 23.6 Å². The molecular weight excluding hydrogens is 326 g/mol. The number of H-pyrrole nitrogens is 1. The molecular formula is C21H21N3O2. The summed E-state index contributed by atoms with van der Waals surface area (Å²) in [7, 11) is 0. The third-order valence-corrected chi connectivity index (χ3v) is 4.87. The van der Waals surface area contributed by atoms with E-state index in [4.69, 9.17) is 0 Å². The minimum Gasteiger partial charge on any atom is -0.361 e. The highest BCUT2D eigenvalue weighted by Gasteiger charge is 2.39. The highest BCUT2D eigenvalue weighted by molar-refractivity contribution is 6.22. The second kappa shape index (κ2) is 6.77. The van der Waals surface area contributed by atoms with Gasteiger partial charge in [0.15, 0.2) is 0 Å². The normalized spacial score (nSPS) is 17.4. The Morgan fingerprint density at radius 1 is 1.15 bits per heavy atom. The van der Waals surface area contributed by atoms with Gasteiger partial charge in [-0.25, -0.2) is 4.90 Å². The molecule has 1 aromatic heterocycles. The number of para-hydroxylation sites is 1. The van der Waals surface area contributed by atoms with Crippen LogP contribution in [0.2, 0.25) is 0 Å². The Kier molecular flexibility index (Phi) is 4.31. The molecule has 4 rings (SSSR count). The molecule has 0 radical (unpaired) electrons. The smallest absolute Gasteiger partial charge is 0.251 e. The molecule has 0 saturated carbocycles. The zero-order valence-corrected chi connectivity index (χ0v) is 14.7. The van der Waals surface area contributed by atoms with Crippen LogP contribution in [0.15, 0.2) is 54.7 Å². The van der Waals surface area contributed by atoms with E-state index < -0.39 is 6.04 Å². The third kappa shape index (κ3) is 3.02. The molecule has 1 aliphatic heterocycles. The number of nitrogens with zero attached hydrogens (tertiary/aromatic N) is 1. The Hall–Kier alpha value is -2.92. The van der Waals surface area contributed by atoms with Crippen LogP contribution >= 0.6 is 0 Å². The van der Waals surface area contributed by atoms with Crippen molar-refractivity contribution in [1.82, 2.24) is 10.3 Å².